The topological polar surface area (TPSA) is 26.3 Å². The highest BCUT2D eigenvalue weighted by Gasteiger charge is 2.10. The smallest absolute Gasteiger partial charge is 0.387 e. The summed E-state index contributed by atoms with van der Waals surface area (Å²) in [6.45, 7) is -2.91. The molecule has 2 aromatic rings. The fraction of sp³-hybridized carbons (Fsp3) is 0.133. The molecule has 110 valence electrons. The van der Waals surface area contributed by atoms with E-state index in [-0.39, 0.29) is 23.0 Å². The highest BCUT2D eigenvalue weighted by atomic mass is 35.5. The third kappa shape index (κ3) is 4.23. The Hall–Kier alpha value is -2.01. The number of carbonyl (C=O) groups is 1. The van der Waals surface area contributed by atoms with E-state index in [1.807, 2.05) is 0 Å². The third-order valence-corrected chi connectivity index (χ3v) is 3.06. The maximum Gasteiger partial charge on any atom is 0.387 e. The molecule has 0 spiro atoms. The maximum atomic E-state index is 13.3. The van der Waals surface area contributed by atoms with Crippen molar-refractivity contribution in [1.82, 2.24) is 0 Å². The van der Waals surface area contributed by atoms with Gasteiger partial charge >= 0.3 is 6.61 Å². The first kappa shape index (κ1) is 15.4. The van der Waals surface area contributed by atoms with Gasteiger partial charge in [-0.3, -0.25) is 4.79 Å². The van der Waals surface area contributed by atoms with Gasteiger partial charge in [0.1, 0.15) is 11.6 Å². The summed E-state index contributed by atoms with van der Waals surface area (Å²) >= 11 is 5.56. The van der Waals surface area contributed by atoms with E-state index in [4.69, 9.17) is 11.6 Å². The van der Waals surface area contributed by atoms with Crippen LogP contribution in [-0.2, 0) is 6.42 Å². The van der Waals surface area contributed by atoms with Crippen molar-refractivity contribution in [2.24, 2.45) is 0 Å². The van der Waals surface area contributed by atoms with Gasteiger partial charge in [-0.15, -0.1) is 0 Å². The Morgan fingerprint density at radius 3 is 2.38 bits per heavy atom. The summed E-state index contributed by atoms with van der Waals surface area (Å²) in [7, 11) is 0. The Kier molecular flexibility index (Phi) is 4.85. The lowest BCUT2D eigenvalue weighted by atomic mass is 10.0. The number of hydrogen-bond donors (Lipinski definition) is 0. The van der Waals surface area contributed by atoms with Crippen LogP contribution in [0.15, 0.2) is 42.5 Å². The zero-order valence-electron chi connectivity index (χ0n) is 10.7. The summed E-state index contributed by atoms with van der Waals surface area (Å²) in [5, 5.41) is -0.0142. The van der Waals surface area contributed by atoms with Crippen molar-refractivity contribution < 1.29 is 22.7 Å². The first-order valence-corrected chi connectivity index (χ1v) is 6.35. The van der Waals surface area contributed by atoms with E-state index < -0.39 is 12.4 Å². The monoisotopic (exact) mass is 314 g/mol. The molecule has 0 N–H and O–H groups in total. The van der Waals surface area contributed by atoms with Crippen molar-refractivity contribution in [2.45, 2.75) is 13.0 Å². The summed E-state index contributed by atoms with van der Waals surface area (Å²) in [6, 6.07) is 9.44. The molecule has 0 amide bonds. The summed E-state index contributed by atoms with van der Waals surface area (Å²) in [6.07, 6.45) is -0.0108. The van der Waals surface area contributed by atoms with E-state index >= 15 is 0 Å². The van der Waals surface area contributed by atoms with Gasteiger partial charge in [0.2, 0.25) is 0 Å². The second kappa shape index (κ2) is 6.63. The molecule has 0 atom stereocenters. The SMILES string of the molecule is O=C(Cc1ccc(Cl)c(F)c1)c1ccc(OC(F)F)cc1. The van der Waals surface area contributed by atoms with Crippen LogP contribution in [0.3, 0.4) is 0 Å². The standard InChI is InChI=1S/C15H10ClF3O2/c16-12-6-1-9(7-13(12)17)8-14(20)10-2-4-11(5-3-10)21-15(18)19/h1-7,15H,8H2. The fourth-order valence-corrected chi connectivity index (χ4v) is 1.88. The van der Waals surface area contributed by atoms with Gasteiger partial charge in [-0.05, 0) is 42.0 Å². The second-order valence-corrected chi connectivity index (χ2v) is 4.66. The van der Waals surface area contributed by atoms with Crippen LogP contribution >= 0.6 is 11.6 Å². The highest BCUT2D eigenvalue weighted by Crippen LogP contribution is 2.19. The van der Waals surface area contributed by atoms with Gasteiger partial charge in [0.25, 0.3) is 0 Å². The molecule has 0 saturated heterocycles. The van der Waals surface area contributed by atoms with Gasteiger partial charge in [0.05, 0.1) is 5.02 Å². The minimum atomic E-state index is -2.91. The minimum Gasteiger partial charge on any atom is -0.435 e. The minimum absolute atomic E-state index is 0.0108. The molecule has 0 fully saturated rings. The Labute approximate surface area is 124 Å². The van der Waals surface area contributed by atoms with Gasteiger partial charge < -0.3 is 4.74 Å². The molecule has 0 aliphatic heterocycles. The lowest BCUT2D eigenvalue weighted by Gasteiger charge is -2.06. The molecule has 2 rings (SSSR count). The molecule has 2 aromatic carbocycles. The predicted octanol–water partition coefficient (Wildman–Crippen LogP) is 4.51. The molecule has 0 radical (unpaired) electrons. The lowest BCUT2D eigenvalue weighted by molar-refractivity contribution is -0.0498. The van der Waals surface area contributed by atoms with E-state index in [0.29, 0.717) is 11.1 Å². The number of rotatable bonds is 5. The van der Waals surface area contributed by atoms with Crippen molar-refractivity contribution >= 4 is 17.4 Å². The molecule has 0 aromatic heterocycles. The quantitative estimate of drug-likeness (QED) is 0.759. The molecular formula is C15H10ClF3O2. The summed E-state index contributed by atoms with van der Waals surface area (Å²) in [4.78, 5) is 12.0. The molecule has 6 heteroatoms. The number of ether oxygens (including phenoxy) is 1. The maximum absolute atomic E-state index is 13.3. The summed E-state index contributed by atoms with van der Waals surface area (Å²) in [5.74, 6) is -0.887. The van der Waals surface area contributed by atoms with Gasteiger partial charge in [-0.25, -0.2) is 4.39 Å². The van der Waals surface area contributed by atoms with E-state index in [2.05, 4.69) is 4.74 Å². The highest BCUT2D eigenvalue weighted by molar-refractivity contribution is 6.30. The molecule has 0 bridgehead atoms. The number of Topliss-reactive ketones (excluding diaryl/α,β-unsaturated/α-hetero) is 1. The Bertz CT molecular complexity index is 642. The van der Waals surface area contributed by atoms with Crippen LogP contribution in [0.25, 0.3) is 0 Å². The van der Waals surface area contributed by atoms with E-state index in [1.165, 1.54) is 36.4 Å². The molecule has 21 heavy (non-hydrogen) atoms. The number of carbonyl (C=O) groups excluding carboxylic acids is 1. The molecular weight excluding hydrogens is 305 g/mol. The van der Waals surface area contributed by atoms with Crippen molar-refractivity contribution in [3.63, 3.8) is 0 Å². The molecule has 0 heterocycles. The average molecular weight is 315 g/mol. The number of alkyl halides is 2. The van der Waals surface area contributed by atoms with Gasteiger partial charge in [-0.1, -0.05) is 17.7 Å². The average Bonchev–Trinajstić information content (AvgIpc) is 2.43. The number of benzene rings is 2. The van der Waals surface area contributed by atoms with Crippen LogP contribution < -0.4 is 4.74 Å². The molecule has 0 aliphatic rings. The largest absolute Gasteiger partial charge is 0.435 e. The van der Waals surface area contributed by atoms with Crippen LogP contribution in [0.5, 0.6) is 5.75 Å². The molecule has 0 aliphatic carbocycles. The fourth-order valence-electron chi connectivity index (χ4n) is 1.76. The molecule has 2 nitrogen and oxygen atoms in total. The van der Waals surface area contributed by atoms with Crippen molar-refractivity contribution in [1.29, 1.82) is 0 Å². The summed E-state index contributed by atoms with van der Waals surface area (Å²) < 4.78 is 41.5. The number of halogens is 4. The number of hydrogen-bond acceptors (Lipinski definition) is 2. The van der Waals surface area contributed by atoms with Crippen LogP contribution in [0, 0.1) is 5.82 Å². The van der Waals surface area contributed by atoms with E-state index in [1.54, 1.807) is 6.07 Å². The lowest BCUT2D eigenvalue weighted by Crippen LogP contribution is -2.05. The number of ketones is 1. The van der Waals surface area contributed by atoms with Crippen LogP contribution in [0.1, 0.15) is 15.9 Å². The predicted molar refractivity (Wildman–Crippen MR) is 72.5 cm³/mol. The van der Waals surface area contributed by atoms with Gasteiger partial charge in [0.15, 0.2) is 5.78 Å². The second-order valence-electron chi connectivity index (χ2n) is 4.25. The zero-order chi connectivity index (χ0) is 15.4. The Morgan fingerprint density at radius 1 is 1.14 bits per heavy atom. The molecule has 0 saturated carbocycles. The van der Waals surface area contributed by atoms with Crippen molar-refractivity contribution in [2.75, 3.05) is 0 Å². The van der Waals surface area contributed by atoms with Crippen LogP contribution in [0.2, 0.25) is 5.02 Å². The van der Waals surface area contributed by atoms with Crippen LogP contribution in [0.4, 0.5) is 13.2 Å². The van der Waals surface area contributed by atoms with Crippen LogP contribution in [-0.4, -0.2) is 12.4 Å². The van der Waals surface area contributed by atoms with E-state index in [9.17, 15) is 18.0 Å². The van der Waals surface area contributed by atoms with Gasteiger partial charge in [0, 0.05) is 12.0 Å². The zero-order valence-corrected chi connectivity index (χ0v) is 11.4. The Balaban J connectivity index is 2.07. The first-order valence-electron chi connectivity index (χ1n) is 5.97. The van der Waals surface area contributed by atoms with E-state index in [0.717, 1.165) is 0 Å². The van der Waals surface area contributed by atoms with Crippen molar-refractivity contribution in [3.8, 4) is 5.75 Å². The third-order valence-electron chi connectivity index (χ3n) is 2.75. The Morgan fingerprint density at radius 2 is 1.81 bits per heavy atom. The first-order chi connectivity index (χ1) is 9.95. The van der Waals surface area contributed by atoms with Gasteiger partial charge in [-0.2, -0.15) is 8.78 Å². The van der Waals surface area contributed by atoms with Crippen molar-refractivity contribution in [3.05, 3.63) is 64.4 Å². The normalized spacial score (nSPS) is 10.7. The summed E-state index contributed by atoms with van der Waals surface area (Å²) in [5.41, 5.74) is 0.807. The molecule has 0 unspecified atom stereocenters.